The lowest BCUT2D eigenvalue weighted by Crippen LogP contribution is -2.13. The van der Waals surface area contributed by atoms with Gasteiger partial charge in [-0.2, -0.15) is 0 Å². The van der Waals surface area contributed by atoms with Crippen molar-refractivity contribution in [3.8, 4) is 0 Å². The molecule has 0 radical (unpaired) electrons. The molecule has 3 rings (SSSR count). The monoisotopic (exact) mass is 282 g/mol. The van der Waals surface area contributed by atoms with Crippen molar-refractivity contribution in [3.63, 3.8) is 0 Å². The Morgan fingerprint density at radius 1 is 1.39 bits per heavy atom. The van der Waals surface area contributed by atoms with Gasteiger partial charge in [0.2, 0.25) is 5.13 Å². The number of aromatic nitrogens is 2. The van der Waals surface area contributed by atoms with Crippen LogP contribution in [0, 0.1) is 0 Å². The number of benzene rings is 1. The fraction of sp³-hybridized carbons (Fsp3) is 0.200. The summed E-state index contributed by atoms with van der Waals surface area (Å²) in [5.41, 5.74) is 3.50. The summed E-state index contributed by atoms with van der Waals surface area (Å²) in [6.45, 7) is 0.850. The second kappa shape index (κ2) is 4.21. The van der Waals surface area contributed by atoms with Gasteiger partial charge in [-0.1, -0.05) is 17.4 Å². The molecular formula is C10H10N4O2S2. The zero-order valence-electron chi connectivity index (χ0n) is 9.25. The Morgan fingerprint density at radius 3 is 3.06 bits per heavy atom. The zero-order chi connectivity index (χ0) is 12.6. The van der Waals surface area contributed by atoms with E-state index in [4.69, 9.17) is 0 Å². The third-order valence-electron chi connectivity index (χ3n) is 2.68. The van der Waals surface area contributed by atoms with Gasteiger partial charge >= 0.3 is 0 Å². The fourth-order valence-corrected chi connectivity index (χ4v) is 3.55. The van der Waals surface area contributed by atoms with Gasteiger partial charge in [0.15, 0.2) is 0 Å². The number of rotatable bonds is 3. The molecule has 2 N–H and O–H groups in total. The number of nitrogens with zero attached hydrogens (tertiary/aromatic N) is 2. The number of hydrogen-bond donors (Lipinski definition) is 2. The topological polar surface area (TPSA) is 84.0 Å². The van der Waals surface area contributed by atoms with E-state index < -0.39 is 10.0 Å². The SMILES string of the molecule is O=S(=O)(Nc1nncs1)c1ccc2c(c1)NCC2. The predicted molar refractivity (Wildman–Crippen MR) is 69.4 cm³/mol. The molecule has 0 bridgehead atoms. The summed E-state index contributed by atoms with van der Waals surface area (Å²) in [5, 5.41) is 10.7. The summed E-state index contributed by atoms with van der Waals surface area (Å²) in [7, 11) is -3.59. The van der Waals surface area contributed by atoms with Crippen LogP contribution >= 0.6 is 11.3 Å². The van der Waals surface area contributed by atoms with Crippen LogP contribution in [0.15, 0.2) is 28.6 Å². The molecule has 0 spiro atoms. The molecular weight excluding hydrogens is 272 g/mol. The summed E-state index contributed by atoms with van der Waals surface area (Å²) in [4.78, 5) is 0.228. The highest BCUT2D eigenvalue weighted by molar-refractivity contribution is 7.93. The van der Waals surface area contributed by atoms with Gasteiger partial charge in [0.1, 0.15) is 5.51 Å². The molecule has 1 aromatic carbocycles. The van der Waals surface area contributed by atoms with Gasteiger partial charge in [-0.25, -0.2) is 8.42 Å². The maximum Gasteiger partial charge on any atom is 0.263 e. The predicted octanol–water partition coefficient (Wildman–Crippen LogP) is 1.31. The largest absolute Gasteiger partial charge is 0.384 e. The Labute approximate surface area is 108 Å². The Bertz CT molecular complexity index is 667. The highest BCUT2D eigenvalue weighted by Gasteiger charge is 2.19. The zero-order valence-corrected chi connectivity index (χ0v) is 10.9. The lowest BCUT2D eigenvalue weighted by molar-refractivity contribution is 0.601. The number of fused-ring (bicyclic) bond motifs is 1. The van der Waals surface area contributed by atoms with Gasteiger partial charge in [0, 0.05) is 12.2 Å². The van der Waals surface area contributed by atoms with E-state index in [0.717, 1.165) is 35.6 Å². The second-order valence-corrected chi connectivity index (χ2v) is 6.36. The van der Waals surface area contributed by atoms with Crippen molar-refractivity contribution in [2.75, 3.05) is 16.6 Å². The molecule has 0 saturated carbocycles. The molecule has 0 atom stereocenters. The first-order valence-corrected chi connectivity index (χ1v) is 7.67. The first-order chi connectivity index (χ1) is 8.65. The minimum absolute atomic E-state index is 0.228. The minimum atomic E-state index is -3.59. The maximum atomic E-state index is 12.1. The average molecular weight is 282 g/mol. The summed E-state index contributed by atoms with van der Waals surface area (Å²) in [5.74, 6) is 0. The van der Waals surface area contributed by atoms with Crippen LogP contribution in [-0.4, -0.2) is 25.2 Å². The number of sulfonamides is 1. The van der Waals surface area contributed by atoms with Crippen LogP contribution in [0.1, 0.15) is 5.56 Å². The standard InChI is InChI=1S/C10H10N4O2S2/c15-18(16,14-10-13-12-6-17-10)8-2-1-7-3-4-11-9(7)5-8/h1-2,5-6,11H,3-4H2,(H,13,14). The normalized spacial score (nSPS) is 14.0. The van der Waals surface area contributed by atoms with Crippen LogP contribution in [-0.2, 0) is 16.4 Å². The Balaban J connectivity index is 1.94. The van der Waals surface area contributed by atoms with Crippen LogP contribution in [0.3, 0.4) is 0 Å². The number of anilines is 2. The van der Waals surface area contributed by atoms with E-state index in [-0.39, 0.29) is 10.0 Å². The van der Waals surface area contributed by atoms with Crippen LogP contribution in [0.2, 0.25) is 0 Å². The van der Waals surface area contributed by atoms with E-state index in [0.29, 0.717) is 0 Å². The lowest BCUT2D eigenvalue weighted by Gasteiger charge is -2.06. The summed E-state index contributed by atoms with van der Waals surface area (Å²) in [6, 6.07) is 5.09. The first-order valence-electron chi connectivity index (χ1n) is 5.31. The van der Waals surface area contributed by atoms with Gasteiger partial charge in [-0.15, -0.1) is 10.2 Å². The van der Waals surface area contributed by atoms with Crippen molar-refractivity contribution in [1.29, 1.82) is 0 Å². The van der Waals surface area contributed by atoms with Crippen molar-refractivity contribution >= 4 is 32.2 Å². The third kappa shape index (κ3) is 2.04. The number of hydrogen-bond acceptors (Lipinski definition) is 6. The smallest absolute Gasteiger partial charge is 0.263 e. The summed E-state index contributed by atoms with van der Waals surface area (Å²) < 4.78 is 26.6. The molecule has 6 nitrogen and oxygen atoms in total. The quantitative estimate of drug-likeness (QED) is 0.886. The Hall–Kier alpha value is -1.67. The van der Waals surface area contributed by atoms with Gasteiger partial charge in [0.25, 0.3) is 10.0 Å². The molecule has 0 aliphatic carbocycles. The van der Waals surface area contributed by atoms with Crippen LogP contribution in [0.5, 0.6) is 0 Å². The van der Waals surface area contributed by atoms with E-state index in [1.807, 2.05) is 6.07 Å². The highest BCUT2D eigenvalue weighted by atomic mass is 32.2. The molecule has 0 saturated heterocycles. The molecule has 1 aliphatic heterocycles. The maximum absolute atomic E-state index is 12.1. The molecule has 94 valence electrons. The van der Waals surface area contributed by atoms with Crippen molar-refractivity contribution in [2.24, 2.45) is 0 Å². The van der Waals surface area contributed by atoms with Crippen molar-refractivity contribution < 1.29 is 8.42 Å². The van der Waals surface area contributed by atoms with E-state index in [9.17, 15) is 8.42 Å². The van der Waals surface area contributed by atoms with E-state index in [1.165, 1.54) is 5.51 Å². The van der Waals surface area contributed by atoms with Crippen molar-refractivity contribution in [2.45, 2.75) is 11.3 Å². The van der Waals surface area contributed by atoms with Gasteiger partial charge in [-0.05, 0) is 24.1 Å². The summed E-state index contributed by atoms with van der Waals surface area (Å²) >= 11 is 1.14. The van der Waals surface area contributed by atoms with Gasteiger partial charge in [-0.3, -0.25) is 4.72 Å². The molecule has 2 aromatic rings. The molecule has 0 unspecified atom stereocenters. The van der Waals surface area contributed by atoms with E-state index >= 15 is 0 Å². The van der Waals surface area contributed by atoms with E-state index in [1.54, 1.807) is 12.1 Å². The molecule has 18 heavy (non-hydrogen) atoms. The molecule has 0 fully saturated rings. The Kier molecular flexibility index (Phi) is 2.67. The summed E-state index contributed by atoms with van der Waals surface area (Å²) in [6.07, 6.45) is 0.930. The average Bonchev–Trinajstić information content (AvgIpc) is 2.97. The minimum Gasteiger partial charge on any atom is -0.384 e. The van der Waals surface area contributed by atoms with E-state index in [2.05, 4.69) is 20.2 Å². The second-order valence-electron chi connectivity index (χ2n) is 3.85. The van der Waals surface area contributed by atoms with Gasteiger partial charge < -0.3 is 5.32 Å². The van der Waals surface area contributed by atoms with Crippen molar-refractivity contribution in [1.82, 2.24) is 10.2 Å². The lowest BCUT2D eigenvalue weighted by atomic mass is 10.2. The molecule has 8 heteroatoms. The van der Waals surface area contributed by atoms with Crippen LogP contribution in [0.4, 0.5) is 10.8 Å². The molecule has 1 aliphatic rings. The van der Waals surface area contributed by atoms with Crippen LogP contribution in [0.25, 0.3) is 0 Å². The third-order valence-corrected chi connectivity index (χ3v) is 4.76. The number of nitrogens with one attached hydrogen (secondary N) is 2. The highest BCUT2D eigenvalue weighted by Crippen LogP contribution is 2.26. The molecule has 2 heterocycles. The molecule has 0 amide bonds. The molecule has 1 aromatic heterocycles. The van der Waals surface area contributed by atoms with Crippen LogP contribution < -0.4 is 10.0 Å². The Morgan fingerprint density at radius 2 is 2.28 bits per heavy atom. The first kappa shape index (κ1) is 11.4. The van der Waals surface area contributed by atoms with Crippen molar-refractivity contribution in [3.05, 3.63) is 29.3 Å². The fourth-order valence-electron chi connectivity index (χ4n) is 1.83. The van der Waals surface area contributed by atoms with Gasteiger partial charge in [0.05, 0.1) is 4.90 Å².